The van der Waals surface area contributed by atoms with Crippen LogP contribution >= 0.6 is 11.3 Å². The molecule has 2 aromatic heterocycles. The minimum Gasteiger partial charge on any atom is -0.362 e. The third-order valence-corrected chi connectivity index (χ3v) is 4.05. The first-order valence-corrected chi connectivity index (χ1v) is 6.76. The molecular formula is C14H19NS. The molecule has 0 bridgehead atoms. The van der Waals surface area contributed by atoms with Crippen molar-refractivity contribution in [2.24, 2.45) is 0 Å². The SMILES string of the molecule is CC(C)c1ccc(CC(C)c2cccs2)[nH]1. The van der Waals surface area contributed by atoms with Gasteiger partial charge in [0.05, 0.1) is 0 Å². The molecule has 0 amide bonds. The Morgan fingerprint density at radius 1 is 1.19 bits per heavy atom. The molecule has 2 aromatic rings. The first kappa shape index (κ1) is 11.5. The Bertz CT molecular complexity index is 425. The molecular weight excluding hydrogens is 214 g/mol. The summed E-state index contributed by atoms with van der Waals surface area (Å²) < 4.78 is 0. The Labute approximate surface area is 102 Å². The van der Waals surface area contributed by atoms with Crippen LogP contribution in [0.25, 0.3) is 0 Å². The van der Waals surface area contributed by atoms with Gasteiger partial charge in [-0.3, -0.25) is 0 Å². The molecule has 0 saturated heterocycles. The molecule has 0 saturated carbocycles. The van der Waals surface area contributed by atoms with Crippen LogP contribution in [-0.4, -0.2) is 4.98 Å². The lowest BCUT2D eigenvalue weighted by molar-refractivity contribution is 0.747. The minimum absolute atomic E-state index is 0.589. The zero-order valence-electron chi connectivity index (χ0n) is 10.2. The van der Waals surface area contributed by atoms with E-state index in [4.69, 9.17) is 0 Å². The molecule has 2 heteroatoms. The van der Waals surface area contributed by atoms with E-state index in [0.29, 0.717) is 11.8 Å². The first-order valence-electron chi connectivity index (χ1n) is 5.88. The van der Waals surface area contributed by atoms with Crippen molar-refractivity contribution in [3.05, 3.63) is 45.9 Å². The van der Waals surface area contributed by atoms with Gasteiger partial charge in [-0.15, -0.1) is 11.3 Å². The fraction of sp³-hybridized carbons (Fsp3) is 0.429. The number of aromatic amines is 1. The average molecular weight is 233 g/mol. The van der Waals surface area contributed by atoms with E-state index in [-0.39, 0.29) is 0 Å². The van der Waals surface area contributed by atoms with Gasteiger partial charge in [0.25, 0.3) is 0 Å². The van der Waals surface area contributed by atoms with E-state index in [2.05, 4.69) is 55.4 Å². The number of hydrogen-bond acceptors (Lipinski definition) is 1. The lowest BCUT2D eigenvalue weighted by atomic mass is 10.0. The van der Waals surface area contributed by atoms with Crippen LogP contribution in [-0.2, 0) is 6.42 Å². The fourth-order valence-corrected chi connectivity index (χ4v) is 2.70. The summed E-state index contributed by atoms with van der Waals surface area (Å²) in [5.74, 6) is 1.20. The Morgan fingerprint density at radius 2 is 2.00 bits per heavy atom. The summed E-state index contributed by atoms with van der Waals surface area (Å²) in [5.41, 5.74) is 2.69. The molecule has 1 unspecified atom stereocenters. The van der Waals surface area contributed by atoms with E-state index in [1.807, 2.05) is 11.3 Å². The van der Waals surface area contributed by atoms with Gasteiger partial charge in [-0.1, -0.05) is 26.8 Å². The quantitative estimate of drug-likeness (QED) is 0.797. The highest BCUT2D eigenvalue weighted by Gasteiger charge is 2.09. The van der Waals surface area contributed by atoms with Crippen molar-refractivity contribution < 1.29 is 0 Å². The van der Waals surface area contributed by atoms with E-state index in [1.165, 1.54) is 16.3 Å². The third-order valence-electron chi connectivity index (χ3n) is 2.95. The van der Waals surface area contributed by atoms with E-state index in [9.17, 15) is 0 Å². The highest BCUT2D eigenvalue weighted by atomic mass is 32.1. The van der Waals surface area contributed by atoms with Crippen molar-refractivity contribution in [1.82, 2.24) is 4.98 Å². The van der Waals surface area contributed by atoms with Gasteiger partial charge in [0.15, 0.2) is 0 Å². The van der Waals surface area contributed by atoms with Crippen molar-refractivity contribution in [3.8, 4) is 0 Å². The van der Waals surface area contributed by atoms with Crippen molar-refractivity contribution >= 4 is 11.3 Å². The van der Waals surface area contributed by atoms with Crippen LogP contribution in [0.3, 0.4) is 0 Å². The van der Waals surface area contributed by atoms with E-state index >= 15 is 0 Å². The van der Waals surface area contributed by atoms with Crippen LogP contribution in [0.15, 0.2) is 29.6 Å². The minimum atomic E-state index is 0.589. The Kier molecular flexibility index (Phi) is 3.49. The standard InChI is InChI=1S/C14H19NS/c1-10(2)13-7-6-12(15-13)9-11(3)14-5-4-8-16-14/h4-8,10-11,15H,9H2,1-3H3. The average Bonchev–Trinajstić information content (AvgIpc) is 2.87. The molecule has 2 rings (SSSR count). The topological polar surface area (TPSA) is 15.8 Å². The van der Waals surface area contributed by atoms with E-state index < -0.39 is 0 Å². The van der Waals surface area contributed by atoms with Gasteiger partial charge in [-0.25, -0.2) is 0 Å². The maximum atomic E-state index is 3.51. The van der Waals surface area contributed by atoms with Crippen molar-refractivity contribution in [3.63, 3.8) is 0 Å². The fourth-order valence-electron chi connectivity index (χ4n) is 1.92. The largest absolute Gasteiger partial charge is 0.362 e. The lowest BCUT2D eigenvalue weighted by Crippen LogP contribution is -1.97. The van der Waals surface area contributed by atoms with Gasteiger partial charge in [0.1, 0.15) is 0 Å². The summed E-state index contributed by atoms with van der Waals surface area (Å²) >= 11 is 1.85. The molecule has 0 radical (unpaired) electrons. The van der Waals surface area contributed by atoms with Gasteiger partial charge < -0.3 is 4.98 Å². The predicted octanol–water partition coefficient (Wildman–Crippen LogP) is 4.55. The third kappa shape index (κ3) is 2.56. The second kappa shape index (κ2) is 4.88. The van der Waals surface area contributed by atoms with E-state index in [0.717, 1.165) is 6.42 Å². The van der Waals surface area contributed by atoms with Gasteiger partial charge >= 0.3 is 0 Å². The van der Waals surface area contributed by atoms with Gasteiger partial charge in [-0.2, -0.15) is 0 Å². The van der Waals surface area contributed by atoms with Crippen molar-refractivity contribution in [2.75, 3.05) is 0 Å². The van der Waals surface area contributed by atoms with Crippen LogP contribution in [0, 0.1) is 0 Å². The number of thiophene rings is 1. The number of H-pyrrole nitrogens is 1. The molecule has 0 aliphatic heterocycles. The summed E-state index contributed by atoms with van der Waals surface area (Å²) in [6.07, 6.45) is 1.10. The number of nitrogens with one attached hydrogen (secondary N) is 1. The van der Waals surface area contributed by atoms with E-state index in [1.54, 1.807) is 0 Å². The van der Waals surface area contributed by atoms with Crippen LogP contribution in [0.4, 0.5) is 0 Å². The zero-order valence-corrected chi connectivity index (χ0v) is 11.0. The van der Waals surface area contributed by atoms with Crippen LogP contribution in [0.2, 0.25) is 0 Å². The molecule has 16 heavy (non-hydrogen) atoms. The molecule has 0 aromatic carbocycles. The van der Waals surface area contributed by atoms with Crippen molar-refractivity contribution in [2.45, 2.75) is 39.0 Å². The monoisotopic (exact) mass is 233 g/mol. The maximum Gasteiger partial charge on any atom is 0.0175 e. The van der Waals surface area contributed by atoms with Gasteiger partial charge in [0.2, 0.25) is 0 Å². The Balaban J connectivity index is 2.03. The smallest absolute Gasteiger partial charge is 0.0175 e. The number of aromatic nitrogens is 1. The summed E-state index contributed by atoms with van der Waals surface area (Å²) in [6.45, 7) is 6.73. The summed E-state index contributed by atoms with van der Waals surface area (Å²) in [4.78, 5) is 4.98. The second-order valence-electron chi connectivity index (χ2n) is 4.71. The predicted molar refractivity (Wildman–Crippen MR) is 71.3 cm³/mol. The van der Waals surface area contributed by atoms with Gasteiger partial charge in [0, 0.05) is 16.3 Å². The molecule has 1 atom stereocenters. The highest BCUT2D eigenvalue weighted by molar-refractivity contribution is 7.10. The molecule has 2 heterocycles. The molecule has 0 spiro atoms. The zero-order chi connectivity index (χ0) is 11.5. The normalized spacial score (nSPS) is 13.2. The first-order chi connectivity index (χ1) is 7.66. The lowest BCUT2D eigenvalue weighted by Gasteiger charge is -2.08. The molecule has 1 N–H and O–H groups in total. The van der Waals surface area contributed by atoms with Gasteiger partial charge in [-0.05, 0) is 41.8 Å². The second-order valence-corrected chi connectivity index (χ2v) is 5.69. The molecule has 86 valence electrons. The molecule has 0 aliphatic carbocycles. The number of hydrogen-bond donors (Lipinski definition) is 1. The Hall–Kier alpha value is -1.02. The summed E-state index contributed by atoms with van der Waals surface area (Å²) in [6, 6.07) is 8.78. The Morgan fingerprint density at radius 3 is 2.56 bits per heavy atom. The number of rotatable bonds is 4. The van der Waals surface area contributed by atoms with Crippen LogP contribution in [0.1, 0.15) is 48.9 Å². The molecule has 1 nitrogen and oxygen atoms in total. The van der Waals surface area contributed by atoms with Crippen LogP contribution in [0.5, 0.6) is 0 Å². The molecule has 0 aliphatic rings. The molecule has 0 fully saturated rings. The van der Waals surface area contributed by atoms with Crippen LogP contribution < -0.4 is 0 Å². The summed E-state index contributed by atoms with van der Waals surface area (Å²) in [7, 11) is 0. The summed E-state index contributed by atoms with van der Waals surface area (Å²) in [5, 5.41) is 2.15. The maximum absolute atomic E-state index is 3.51. The van der Waals surface area contributed by atoms with Crippen molar-refractivity contribution in [1.29, 1.82) is 0 Å². The highest BCUT2D eigenvalue weighted by Crippen LogP contribution is 2.25.